The van der Waals surface area contributed by atoms with Crippen molar-refractivity contribution < 1.29 is 4.79 Å². The van der Waals surface area contributed by atoms with Crippen molar-refractivity contribution >= 4 is 16.8 Å². The molecule has 3 rings (SSSR count). The lowest BCUT2D eigenvalue weighted by Crippen LogP contribution is -2.26. The molecule has 0 spiro atoms. The van der Waals surface area contributed by atoms with Crippen LogP contribution in [0.15, 0.2) is 42.6 Å². The first-order chi connectivity index (χ1) is 10.5. The molecular weight excluding hydrogens is 276 g/mol. The van der Waals surface area contributed by atoms with E-state index in [2.05, 4.69) is 16.1 Å². The number of pyridine rings is 1. The van der Waals surface area contributed by atoms with Gasteiger partial charge in [0.2, 0.25) is 0 Å². The lowest BCUT2D eigenvalue weighted by Gasteiger charge is -2.16. The van der Waals surface area contributed by atoms with Crippen molar-refractivity contribution in [2.45, 2.75) is 13.5 Å². The molecule has 0 saturated carbocycles. The standard InChI is InChI=1S/C17H18N4O/c1-12-8-16(19-21(12)3)17(22)20(2)11-13-9-14-6-4-5-7-15(14)18-10-13/h4-10H,11H2,1-3H3. The molecule has 2 heterocycles. The first-order valence-corrected chi connectivity index (χ1v) is 7.14. The van der Waals surface area contributed by atoms with Crippen LogP contribution in [0, 0.1) is 6.92 Å². The third-order valence-corrected chi connectivity index (χ3v) is 3.75. The molecule has 2 aromatic heterocycles. The molecule has 112 valence electrons. The molecule has 0 saturated heterocycles. The second-order valence-electron chi connectivity index (χ2n) is 5.49. The predicted molar refractivity (Wildman–Crippen MR) is 85.5 cm³/mol. The summed E-state index contributed by atoms with van der Waals surface area (Å²) in [6.45, 7) is 2.43. The largest absolute Gasteiger partial charge is 0.336 e. The number of carbonyl (C=O) groups excluding carboxylic acids is 1. The third kappa shape index (κ3) is 2.70. The number of amides is 1. The van der Waals surface area contributed by atoms with Crippen LogP contribution in [0.4, 0.5) is 0 Å². The molecule has 0 radical (unpaired) electrons. The molecule has 0 aliphatic heterocycles. The number of aryl methyl sites for hydroxylation is 2. The fourth-order valence-corrected chi connectivity index (χ4v) is 2.41. The van der Waals surface area contributed by atoms with Crippen molar-refractivity contribution in [3.8, 4) is 0 Å². The Morgan fingerprint density at radius 2 is 2.05 bits per heavy atom. The van der Waals surface area contributed by atoms with E-state index in [-0.39, 0.29) is 5.91 Å². The smallest absolute Gasteiger partial charge is 0.274 e. The minimum Gasteiger partial charge on any atom is -0.336 e. The average molecular weight is 294 g/mol. The van der Waals surface area contributed by atoms with Crippen molar-refractivity contribution in [2.75, 3.05) is 7.05 Å². The van der Waals surface area contributed by atoms with Crippen LogP contribution < -0.4 is 0 Å². The van der Waals surface area contributed by atoms with Crippen LogP contribution in [0.3, 0.4) is 0 Å². The van der Waals surface area contributed by atoms with Crippen LogP contribution in [0.2, 0.25) is 0 Å². The molecule has 5 heteroatoms. The molecule has 0 N–H and O–H groups in total. The van der Waals surface area contributed by atoms with E-state index in [1.54, 1.807) is 22.7 Å². The molecule has 0 bridgehead atoms. The molecule has 0 unspecified atom stereocenters. The van der Waals surface area contributed by atoms with Crippen LogP contribution in [0.1, 0.15) is 21.7 Å². The van der Waals surface area contributed by atoms with Gasteiger partial charge in [-0.15, -0.1) is 0 Å². The maximum absolute atomic E-state index is 12.4. The van der Waals surface area contributed by atoms with Gasteiger partial charge >= 0.3 is 0 Å². The highest BCUT2D eigenvalue weighted by atomic mass is 16.2. The first kappa shape index (κ1) is 14.3. The maximum Gasteiger partial charge on any atom is 0.274 e. The molecule has 3 aromatic rings. The van der Waals surface area contributed by atoms with Crippen molar-refractivity contribution in [1.29, 1.82) is 0 Å². The Bertz CT molecular complexity index is 818. The van der Waals surface area contributed by atoms with E-state index in [9.17, 15) is 4.79 Å². The molecule has 5 nitrogen and oxygen atoms in total. The van der Waals surface area contributed by atoms with E-state index in [1.165, 1.54) is 0 Å². The van der Waals surface area contributed by atoms with E-state index in [4.69, 9.17) is 0 Å². The van der Waals surface area contributed by atoms with E-state index in [0.29, 0.717) is 12.2 Å². The molecular formula is C17H18N4O. The van der Waals surface area contributed by atoms with Gasteiger partial charge in [-0.05, 0) is 30.7 Å². The van der Waals surface area contributed by atoms with E-state index in [1.807, 2.05) is 44.4 Å². The van der Waals surface area contributed by atoms with E-state index < -0.39 is 0 Å². The molecule has 0 aliphatic rings. The van der Waals surface area contributed by atoms with Crippen LogP contribution >= 0.6 is 0 Å². The molecule has 1 aromatic carbocycles. The lowest BCUT2D eigenvalue weighted by molar-refractivity contribution is 0.0778. The number of para-hydroxylation sites is 1. The SMILES string of the molecule is Cc1cc(C(=O)N(C)Cc2cnc3ccccc3c2)nn1C. The summed E-state index contributed by atoms with van der Waals surface area (Å²) in [6, 6.07) is 11.8. The van der Waals surface area contributed by atoms with Crippen LogP contribution in [0.25, 0.3) is 10.9 Å². The van der Waals surface area contributed by atoms with Gasteiger partial charge in [0.05, 0.1) is 5.52 Å². The van der Waals surface area contributed by atoms with Crippen molar-refractivity contribution in [3.05, 3.63) is 59.5 Å². The Kier molecular flexibility index (Phi) is 3.63. The van der Waals surface area contributed by atoms with E-state index >= 15 is 0 Å². The second kappa shape index (κ2) is 5.60. The molecule has 0 atom stereocenters. The number of carbonyl (C=O) groups is 1. The summed E-state index contributed by atoms with van der Waals surface area (Å²) in [6.07, 6.45) is 1.82. The first-order valence-electron chi connectivity index (χ1n) is 7.14. The van der Waals surface area contributed by atoms with Gasteiger partial charge in [-0.25, -0.2) is 0 Å². The highest BCUT2D eigenvalue weighted by Gasteiger charge is 2.16. The van der Waals surface area contributed by atoms with Gasteiger partial charge in [-0.3, -0.25) is 14.5 Å². The second-order valence-corrected chi connectivity index (χ2v) is 5.49. The fourth-order valence-electron chi connectivity index (χ4n) is 2.41. The molecule has 0 fully saturated rings. The zero-order valence-electron chi connectivity index (χ0n) is 12.9. The summed E-state index contributed by atoms with van der Waals surface area (Å²) in [5.41, 5.74) is 3.39. The van der Waals surface area contributed by atoms with Gasteiger partial charge in [0.1, 0.15) is 0 Å². The summed E-state index contributed by atoms with van der Waals surface area (Å²) < 4.78 is 1.71. The highest BCUT2D eigenvalue weighted by molar-refractivity contribution is 5.92. The normalized spacial score (nSPS) is 10.9. The Labute approximate surface area is 129 Å². The van der Waals surface area contributed by atoms with Gasteiger partial charge in [-0.2, -0.15) is 5.10 Å². The Morgan fingerprint density at radius 1 is 1.27 bits per heavy atom. The van der Waals surface area contributed by atoms with Crippen LogP contribution in [-0.2, 0) is 13.6 Å². The summed E-state index contributed by atoms with van der Waals surface area (Å²) >= 11 is 0. The summed E-state index contributed by atoms with van der Waals surface area (Å²) in [7, 11) is 3.61. The third-order valence-electron chi connectivity index (χ3n) is 3.75. The number of benzene rings is 1. The minimum atomic E-state index is -0.0862. The van der Waals surface area contributed by atoms with Gasteiger partial charge in [0, 0.05) is 37.9 Å². The zero-order chi connectivity index (χ0) is 15.7. The number of hydrogen-bond donors (Lipinski definition) is 0. The summed E-state index contributed by atoms with van der Waals surface area (Å²) in [5, 5.41) is 5.31. The molecule has 22 heavy (non-hydrogen) atoms. The van der Waals surface area contributed by atoms with Gasteiger partial charge in [0.25, 0.3) is 5.91 Å². The number of rotatable bonds is 3. The van der Waals surface area contributed by atoms with E-state index in [0.717, 1.165) is 22.2 Å². The number of aromatic nitrogens is 3. The van der Waals surface area contributed by atoms with Crippen LogP contribution in [-0.4, -0.2) is 32.6 Å². The quantitative estimate of drug-likeness (QED) is 0.746. The fraction of sp³-hybridized carbons (Fsp3) is 0.235. The van der Waals surface area contributed by atoms with Crippen molar-refractivity contribution in [3.63, 3.8) is 0 Å². The number of nitrogens with zero attached hydrogens (tertiary/aromatic N) is 4. The van der Waals surface area contributed by atoms with Crippen molar-refractivity contribution in [1.82, 2.24) is 19.7 Å². The number of fused-ring (bicyclic) bond motifs is 1. The Hall–Kier alpha value is -2.69. The maximum atomic E-state index is 12.4. The Morgan fingerprint density at radius 3 is 2.77 bits per heavy atom. The minimum absolute atomic E-state index is 0.0862. The van der Waals surface area contributed by atoms with Crippen LogP contribution in [0.5, 0.6) is 0 Å². The summed E-state index contributed by atoms with van der Waals surface area (Å²) in [4.78, 5) is 18.5. The van der Waals surface area contributed by atoms with Gasteiger partial charge in [0.15, 0.2) is 5.69 Å². The topological polar surface area (TPSA) is 51.0 Å². The summed E-state index contributed by atoms with van der Waals surface area (Å²) in [5.74, 6) is -0.0862. The lowest BCUT2D eigenvalue weighted by atomic mass is 10.1. The predicted octanol–water partition coefficient (Wildman–Crippen LogP) is 2.55. The van der Waals surface area contributed by atoms with Gasteiger partial charge < -0.3 is 4.90 Å². The Balaban J connectivity index is 1.80. The molecule has 0 aliphatic carbocycles. The average Bonchev–Trinajstić information content (AvgIpc) is 2.85. The number of hydrogen-bond acceptors (Lipinski definition) is 3. The highest BCUT2D eigenvalue weighted by Crippen LogP contribution is 2.14. The molecule has 1 amide bonds. The van der Waals surface area contributed by atoms with Crippen molar-refractivity contribution in [2.24, 2.45) is 7.05 Å². The monoisotopic (exact) mass is 294 g/mol. The van der Waals surface area contributed by atoms with Gasteiger partial charge in [-0.1, -0.05) is 18.2 Å². The zero-order valence-corrected chi connectivity index (χ0v) is 12.9.